The van der Waals surface area contributed by atoms with E-state index in [9.17, 15) is 9.59 Å². The third-order valence-corrected chi connectivity index (χ3v) is 7.23. The van der Waals surface area contributed by atoms with Crippen LogP contribution in [0.15, 0.2) is 24.3 Å². The Labute approximate surface area is 164 Å². The third-order valence-electron chi connectivity index (χ3n) is 7.23. The number of likely N-dealkylation sites (N-methyl/N-ethyl adjacent to an activating group) is 1. The molecule has 0 N–H and O–H groups in total. The zero-order valence-electron chi connectivity index (χ0n) is 16.7. The van der Waals surface area contributed by atoms with Crippen LogP contribution in [-0.4, -0.2) is 55.3 Å². The second-order valence-electron chi connectivity index (χ2n) is 9.11. The molecule has 5 unspecified atom stereocenters. The molecule has 28 heavy (non-hydrogen) atoms. The van der Waals surface area contributed by atoms with Gasteiger partial charge in [-0.05, 0) is 17.7 Å². The molecule has 1 spiro atoms. The van der Waals surface area contributed by atoms with Crippen LogP contribution in [0.2, 0.25) is 0 Å². The number of likely N-dealkylation sites (tertiary alicyclic amines) is 1. The highest BCUT2D eigenvalue weighted by molar-refractivity contribution is 5.72. The highest BCUT2D eigenvalue weighted by Crippen LogP contribution is 2.63. The van der Waals surface area contributed by atoms with Gasteiger partial charge in [0, 0.05) is 38.2 Å². The normalized spacial score (nSPS) is 35.6. The maximum absolute atomic E-state index is 11.7. The van der Waals surface area contributed by atoms with Gasteiger partial charge in [-0.15, -0.1) is 0 Å². The van der Waals surface area contributed by atoms with Gasteiger partial charge in [0.15, 0.2) is 23.7 Å². The molecule has 6 nitrogen and oxygen atoms in total. The summed E-state index contributed by atoms with van der Waals surface area (Å²) in [6.45, 7) is 3.85. The predicted octanol–water partition coefficient (Wildman–Crippen LogP) is 2.13. The Morgan fingerprint density at radius 2 is 1.96 bits per heavy atom. The molecule has 1 aromatic rings. The van der Waals surface area contributed by atoms with Gasteiger partial charge in [0.25, 0.3) is 0 Å². The lowest BCUT2D eigenvalue weighted by Crippen LogP contribution is -2.70. The van der Waals surface area contributed by atoms with E-state index < -0.39 is 6.10 Å². The van der Waals surface area contributed by atoms with Crippen LogP contribution < -0.4 is 9.47 Å². The fourth-order valence-corrected chi connectivity index (χ4v) is 6.10. The molecule has 5 atom stereocenters. The molecule has 2 aliphatic carbocycles. The van der Waals surface area contributed by atoms with E-state index >= 15 is 0 Å². The summed E-state index contributed by atoms with van der Waals surface area (Å²) in [6, 6.07) is 4.36. The number of esters is 2. The summed E-state index contributed by atoms with van der Waals surface area (Å²) >= 11 is 0. The van der Waals surface area contributed by atoms with Gasteiger partial charge in [-0.2, -0.15) is 0 Å². The van der Waals surface area contributed by atoms with E-state index in [0.29, 0.717) is 23.5 Å². The molecule has 6 heteroatoms. The van der Waals surface area contributed by atoms with Crippen LogP contribution >= 0.6 is 0 Å². The summed E-state index contributed by atoms with van der Waals surface area (Å²) in [4.78, 5) is 23.4. The smallest absolute Gasteiger partial charge is 0.308 e. The van der Waals surface area contributed by atoms with E-state index in [4.69, 9.17) is 14.2 Å². The molecular weight excluding hydrogens is 358 g/mol. The van der Waals surface area contributed by atoms with Gasteiger partial charge in [-0.25, -0.2) is 0 Å². The van der Waals surface area contributed by atoms with Crippen molar-refractivity contribution in [3.05, 3.63) is 35.4 Å². The Balaban J connectivity index is 1.73. The summed E-state index contributed by atoms with van der Waals surface area (Å²) in [7, 11) is 4.60. The van der Waals surface area contributed by atoms with E-state index in [1.165, 1.54) is 25.0 Å². The van der Waals surface area contributed by atoms with Crippen LogP contribution in [0.3, 0.4) is 0 Å². The number of hydrogen-bond donors (Lipinski definition) is 0. The quantitative estimate of drug-likeness (QED) is 0.338. The van der Waals surface area contributed by atoms with Crippen molar-refractivity contribution < 1.29 is 28.3 Å². The molecule has 0 amide bonds. The van der Waals surface area contributed by atoms with Crippen LogP contribution in [0.25, 0.3) is 0 Å². The first-order valence-corrected chi connectivity index (χ1v) is 9.94. The van der Waals surface area contributed by atoms with Crippen molar-refractivity contribution in [2.75, 3.05) is 20.6 Å². The van der Waals surface area contributed by atoms with Crippen molar-refractivity contribution in [1.82, 2.24) is 0 Å². The minimum atomic E-state index is -0.438. The second kappa shape index (κ2) is 5.60. The van der Waals surface area contributed by atoms with Crippen LogP contribution in [-0.2, 0) is 26.2 Å². The number of quaternary nitrogens is 1. The molecule has 0 aromatic heterocycles. The molecule has 2 bridgehead atoms. The molecule has 1 saturated heterocycles. The minimum Gasteiger partial charge on any atom is -0.481 e. The van der Waals surface area contributed by atoms with E-state index in [-0.39, 0.29) is 23.5 Å². The van der Waals surface area contributed by atoms with Gasteiger partial charge in [0.05, 0.1) is 26.1 Å². The Morgan fingerprint density at radius 3 is 2.68 bits per heavy atom. The largest absolute Gasteiger partial charge is 0.481 e. The molecule has 5 rings (SSSR count). The molecule has 1 fully saturated rings. The van der Waals surface area contributed by atoms with Crippen LogP contribution in [0.4, 0.5) is 0 Å². The lowest BCUT2D eigenvalue weighted by molar-refractivity contribution is -0.926. The van der Waals surface area contributed by atoms with E-state index in [1.54, 1.807) is 0 Å². The summed E-state index contributed by atoms with van der Waals surface area (Å²) in [5.74, 6) is 0.744. The fourth-order valence-electron chi connectivity index (χ4n) is 6.10. The summed E-state index contributed by atoms with van der Waals surface area (Å²) in [6.07, 6.45) is 5.41. The second-order valence-corrected chi connectivity index (χ2v) is 9.11. The Kier molecular flexibility index (Phi) is 3.55. The van der Waals surface area contributed by atoms with Gasteiger partial charge in [-0.3, -0.25) is 9.59 Å². The summed E-state index contributed by atoms with van der Waals surface area (Å²) in [5, 5.41) is 0. The highest BCUT2D eigenvalue weighted by Gasteiger charge is 2.68. The standard InChI is InChI=1S/C22H26NO5/c1-12(24)26-17-7-5-14-11-16-15-6-8-18(27-13(2)25)21-22(15,9-10-23(16,3)4)19(14)20(17)28-21/h5-8,15-16,18,21H,9-11H2,1-4H3/q+1. The predicted molar refractivity (Wildman–Crippen MR) is 101 cm³/mol. The van der Waals surface area contributed by atoms with Crippen molar-refractivity contribution in [3.63, 3.8) is 0 Å². The topological polar surface area (TPSA) is 61.8 Å². The number of hydrogen-bond acceptors (Lipinski definition) is 5. The van der Waals surface area contributed by atoms with E-state index in [1.807, 2.05) is 12.1 Å². The number of carbonyl (C=O) groups excluding carboxylic acids is 2. The zero-order chi connectivity index (χ0) is 19.8. The highest BCUT2D eigenvalue weighted by atomic mass is 16.6. The van der Waals surface area contributed by atoms with Crippen LogP contribution in [0.1, 0.15) is 31.4 Å². The SMILES string of the molecule is CC(=O)Oc1ccc2c3c1OC1C(OC(C)=O)C=CC4C(C2)[N+](C)(C)CCC341. The molecule has 4 aliphatic rings. The van der Waals surface area contributed by atoms with Crippen molar-refractivity contribution in [2.24, 2.45) is 5.92 Å². The van der Waals surface area contributed by atoms with Gasteiger partial charge in [0.1, 0.15) is 6.04 Å². The minimum absolute atomic E-state index is 0.244. The van der Waals surface area contributed by atoms with Crippen LogP contribution in [0, 0.1) is 5.92 Å². The molecule has 148 valence electrons. The monoisotopic (exact) mass is 384 g/mol. The van der Waals surface area contributed by atoms with Gasteiger partial charge in [-0.1, -0.05) is 12.1 Å². The number of carbonyl (C=O) groups is 2. The summed E-state index contributed by atoms with van der Waals surface area (Å²) < 4.78 is 18.6. The molecule has 1 aromatic carbocycles. The van der Waals surface area contributed by atoms with E-state index in [0.717, 1.165) is 23.9 Å². The molecular formula is C22H26NO5+. The molecule has 2 heterocycles. The van der Waals surface area contributed by atoms with Gasteiger partial charge < -0.3 is 18.7 Å². The average Bonchev–Trinajstić information content (AvgIpc) is 2.96. The van der Waals surface area contributed by atoms with Gasteiger partial charge in [0.2, 0.25) is 0 Å². The molecule has 0 radical (unpaired) electrons. The fraction of sp³-hybridized carbons (Fsp3) is 0.545. The molecule has 0 saturated carbocycles. The first-order chi connectivity index (χ1) is 13.2. The first-order valence-electron chi connectivity index (χ1n) is 9.94. The number of nitrogens with zero attached hydrogens (tertiary/aromatic N) is 1. The third kappa shape index (κ3) is 2.18. The van der Waals surface area contributed by atoms with Crippen molar-refractivity contribution in [2.45, 2.75) is 50.4 Å². The van der Waals surface area contributed by atoms with Crippen molar-refractivity contribution in [3.8, 4) is 11.5 Å². The number of rotatable bonds is 2. The maximum atomic E-state index is 11.7. The lowest BCUT2D eigenvalue weighted by Gasteiger charge is -2.58. The summed E-state index contributed by atoms with van der Waals surface area (Å²) in [5.41, 5.74) is 2.18. The Morgan fingerprint density at radius 1 is 1.18 bits per heavy atom. The van der Waals surface area contributed by atoms with Crippen molar-refractivity contribution in [1.29, 1.82) is 0 Å². The first kappa shape index (κ1) is 17.7. The maximum Gasteiger partial charge on any atom is 0.308 e. The van der Waals surface area contributed by atoms with Crippen LogP contribution in [0.5, 0.6) is 11.5 Å². The molecule has 2 aliphatic heterocycles. The Hall–Kier alpha value is -2.34. The van der Waals surface area contributed by atoms with Gasteiger partial charge >= 0.3 is 11.9 Å². The Bertz CT molecular complexity index is 920. The average molecular weight is 384 g/mol. The van der Waals surface area contributed by atoms with E-state index in [2.05, 4.69) is 26.2 Å². The number of ether oxygens (including phenoxy) is 3. The lowest BCUT2D eigenvalue weighted by atomic mass is 9.53. The zero-order valence-corrected chi connectivity index (χ0v) is 16.7. The number of benzene rings is 1. The van der Waals surface area contributed by atoms with Crippen molar-refractivity contribution >= 4 is 11.9 Å². The number of piperidine rings is 1.